The molecule has 3 rings (SSSR count). The van der Waals surface area contributed by atoms with Gasteiger partial charge in [-0.3, -0.25) is 4.98 Å². The molecule has 0 amide bonds. The van der Waals surface area contributed by atoms with Crippen LogP contribution in [0.3, 0.4) is 0 Å². The van der Waals surface area contributed by atoms with Crippen LogP contribution in [0.15, 0.2) is 47.2 Å². The average Bonchev–Trinajstić information content (AvgIpc) is 2.87. The topological polar surface area (TPSA) is 76.2 Å². The quantitative estimate of drug-likeness (QED) is 0.745. The van der Waals surface area contributed by atoms with Gasteiger partial charge in [0.2, 0.25) is 5.76 Å². The Morgan fingerprint density at radius 3 is 2.94 bits per heavy atom. The van der Waals surface area contributed by atoms with Gasteiger partial charge in [0.15, 0.2) is 0 Å². The molecular weight excluding hydrogens is 232 g/mol. The third-order valence-electron chi connectivity index (χ3n) is 2.68. The van der Waals surface area contributed by atoms with Crippen LogP contribution in [0.25, 0.3) is 22.0 Å². The predicted octanol–water partition coefficient (Wildman–Crippen LogP) is 2.59. The lowest BCUT2D eigenvalue weighted by atomic mass is 10.0. The lowest BCUT2D eigenvalue weighted by Crippen LogP contribution is -1.91. The molecule has 1 N–H and O–H groups in total. The standard InChI is InChI=1S/C13H8N2O3/c16-13(17)12-6-11(15-18-12)10-3-1-2-8-7-14-5-4-9(8)10/h1-7H,(H,16,17). The molecular formula is C13H8N2O3. The van der Waals surface area contributed by atoms with E-state index in [2.05, 4.69) is 10.1 Å². The summed E-state index contributed by atoms with van der Waals surface area (Å²) in [6.45, 7) is 0. The number of pyridine rings is 1. The van der Waals surface area contributed by atoms with Crippen LogP contribution >= 0.6 is 0 Å². The zero-order chi connectivity index (χ0) is 12.5. The highest BCUT2D eigenvalue weighted by molar-refractivity contribution is 5.96. The van der Waals surface area contributed by atoms with Crippen LogP contribution < -0.4 is 0 Å². The number of carboxylic acid groups (broad SMARTS) is 1. The van der Waals surface area contributed by atoms with Crippen molar-refractivity contribution in [2.45, 2.75) is 0 Å². The van der Waals surface area contributed by atoms with Crippen molar-refractivity contribution in [3.05, 3.63) is 48.5 Å². The van der Waals surface area contributed by atoms with E-state index in [0.29, 0.717) is 5.69 Å². The molecule has 0 spiro atoms. The van der Waals surface area contributed by atoms with Crippen LogP contribution in [0.1, 0.15) is 10.6 Å². The molecule has 2 heterocycles. The van der Waals surface area contributed by atoms with Gasteiger partial charge in [-0.1, -0.05) is 23.4 Å². The summed E-state index contributed by atoms with van der Waals surface area (Å²) in [6.07, 6.45) is 3.43. The molecule has 0 aliphatic carbocycles. The van der Waals surface area contributed by atoms with E-state index >= 15 is 0 Å². The molecule has 2 aromatic heterocycles. The minimum atomic E-state index is -1.13. The summed E-state index contributed by atoms with van der Waals surface area (Å²) in [5.74, 6) is -1.30. The van der Waals surface area contributed by atoms with Crippen LogP contribution in [-0.2, 0) is 0 Å². The van der Waals surface area contributed by atoms with Gasteiger partial charge in [0.25, 0.3) is 0 Å². The lowest BCUT2D eigenvalue weighted by molar-refractivity contribution is 0.0652. The Morgan fingerprint density at radius 2 is 2.17 bits per heavy atom. The molecule has 0 atom stereocenters. The third-order valence-corrected chi connectivity index (χ3v) is 2.68. The molecule has 3 aromatic rings. The first-order chi connectivity index (χ1) is 8.75. The van der Waals surface area contributed by atoms with Crippen LogP contribution in [0.2, 0.25) is 0 Å². The van der Waals surface area contributed by atoms with Crippen LogP contribution in [-0.4, -0.2) is 21.2 Å². The third kappa shape index (κ3) is 1.62. The first-order valence-corrected chi connectivity index (χ1v) is 5.29. The minimum Gasteiger partial charge on any atom is -0.475 e. The molecule has 5 heteroatoms. The summed E-state index contributed by atoms with van der Waals surface area (Å²) >= 11 is 0. The molecule has 0 radical (unpaired) electrons. The zero-order valence-electron chi connectivity index (χ0n) is 9.20. The number of carboxylic acids is 1. The largest absolute Gasteiger partial charge is 0.475 e. The Bertz CT molecular complexity index is 728. The van der Waals surface area contributed by atoms with E-state index in [1.54, 1.807) is 12.4 Å². The van der Waals surface area contributed by atoms with E-state index in [-0.39, 0.29) is 5.76 Å². The number of carbonyl (C=O) groups is 1. The summed E-state index contributed by atoms with van der Waals surface area (Å²) in [7, 11) is 0. The van der Waals surface area contributed by atoms with Crippen molar-refractivity contribution < 1.29 is 14.4 Å². The monoisotopic (exact) mass is 240 g/mol. The number of hydrogen-bond acceptors (Lipinski definition) is 4. The van der Waals surface area contributed by atoms with Crippen molar-refractivity contribution in [2.75, 3.05) is 0 Å². The predicted molar refractivity (Wildman–Crippen MR) is 64.2 cm³/mol. The Morgan fingerprint density at radius 1 is 1.28 bits per heavy atom. The highest BCUT2D eigenvalue weighted by Crippen LogP contribution is 2.27. The van der Waals surface area contributed by atoms with Crippen molar-refractivity contribution in [1.82, 2.24) is 10.1 Å². The number of hydrogen-bond donors (Lipinski definition) is 1. The van der Waals surface area contributed by atoms with Gasteiger partial charge in [0, 0.05) is 29.4 Å². The Labute approximate surface area is 102 Å². The zero-order valence-corrected chi connectivity index (χ0v) is 9.20. The molecule has 1 aromatic carbocycles. The second-order valence-corrected chi connectivity index (χ2v) is 3.78. The number of benzene rings is 1. The minimum absolute atomic E-state index is 0.170. The lowest BCUT2D eigenvalue weighted by Gasteiger charge is -2.01. The second-order valence-electron chi connectivity index (χ2n) is 3.78. The maximum atomic E-state index is 10.8. The first-order valence-electron chi connectivity index (χ1n) is 5.29. The highest BCUT2D eigenvalue weighted by atomic mass is 16.5. The average molecular weight is 240 g/mol. The molecule has 5 nitrogen and oxygen atoms in total. The summed E-state index contributed by atoms with van der Waals surface area (Å²) < 4.78 is 4.76. The van der Waals surface area contributed by atoms with E-state index in [4.69, 9.17) is 9.63 Å². The van der Waals surface area contributed by atoms with E-state index in [0.717, 1.165) is 16.3 Å². The first kappa shape index (κ1) is 10.5. The Kier molecular flexibility index (Phi) is 2.30. The molecule has 0 saturated carbocycles. The molecule has 0 saturated heterocycles. The van der Waals surface area contributed by atoms with E-state index < -0.39 is 5.97 Å². The van der Waals surface area contributed by atoms with Crippen LogP contribution in [0.4, 0.5) is 0 Å². The molecule has 0 aliphatic rings. The fourth-order valence-corrected chi connectivity index (χ4v) is 1.85. The SMILES string of the molecule is O=C(O)c1cc(-c2cccc3cnccc23)no1. The number of rotatable bonds is 2. The maximum absolute atomic E-state index is 10.8. The van der Waals surface area contributed by atoms with Crippen molar-refractivity contribution in [1.29, 1.82) is 0 Å². The van der Waals surface area contributed by atoms with Crippen molar-refractivity contribution >= 4 is 16.7 Å². The number of fused-ring (bicyclic) bond motifs is 1. The normalized spacial score (nSPS) is 10.7. The maximum Gasteiger partial charge on any atom is 0.374 e. The Hall–Kier alpha value is -2.69. The Balaban J connectivity index is 2.21. The summed E-state index contributed by atoms with van der Waals surface area (Å²) in [6, 6.07) is 8.95. The summed E-state index contributed by atoms with van der Waals surface area (Å²) in [5.41, 5.74) is 1.33. The fraction of sp³-hybridized carbons (Fsp3) is 0. The summed E-state index contributed by atoms with van der Waals surface area (Å²) in [5, 5.41) is 14.5. The summed E-state index contributed by atoms with van der Waals surface area (Å²) in [4.78, 5) is 14.8. The molecule has 88 valence electrons. The van der Waals surface area contributed by atoms with Gasteiger partial charge in [-0.15, -0.1) is 0 Å². The molecule has 0 aliphatic heterocycles. The van der Waals surface area contributed by atoms with Crippen molar-refractivity contribution in [3.8, 4) is 11.3 Å². The van der Waals surface area contributed by atoms with E-state index in [1.165, 1.54) is 6.07 Å². The molecule has 0 unspecified atom stereocenters. The highest BCUT2D eigenvalue weighted by Gasteiger charge is 2.13. The van der Waals surface area contributed by atoms with Crippen molar-refractivity contribution in [2.24, 2.45) is 0 Å². The molecule has 0 bridgehead atoms. The van der Waals surface area contributed by atoms with Gasteiger partial charge in [-0.05, 0) is 11.5 Å². The van der Waals surface area contributed by atoms with Gasteiger partial charge < -0.3 is 9.63 Å². The van der Waals surface area contributed by atoms with Crippen LogP contribution in [0, 0.1) is 0 Å². The number of aromatic nitrogens is 2. The van der Waals surface area contributed by atoms with Gasteiger partial charge in [-0.25, -0.2) is 4.79 Å². The smallest absolute Gasteiger partial charge is 0.374 e. The molecule has 0 fully saturated rings. The van der Waals surface area contributed by atoms with Gasteiger partial charge >= 0.3 is 5.97 Å². The molecule has 18 heavy (non-hydrogen) atoms. The van der Waals surface area contributed by atoms with Crippen LogP contribution in [0.5, 0.6) is 0 Å². The van der Waals surface area contributed by atoms with Gasteiger partial charge in [0.05, 0.1) is 0 Å². The van der Waals surface area contributed by atoms with Crippen molar-refractivity contribution in [3.63, 3.8) is 0 Å². The number of nitrogens with zero attached hydrogens (tertiary/aromatic N) is 2. The van der Waals surface area contributed by atoms with E-state index in [9.17, 15) is 4.79 Å². The number of aromatic carboxylic acids is 1. The fourth-order valence-electron chi connectivity index (χ4n) is 1.85. The van der Waals surface area contributed by atoms with Gasteiger partial charge in [0.1, 0.15) is 5.69 Å². The van der Waals surface area contributed by atoms with Gasteiger partial charge in [-0.2, -0.15) is 0 Å². The second kappa shape index (κ2) is 3.96. The van der Waals surface area contributed by atoms with E-state index in [1.807, 2.05) is 24.3 Å².